The van der Waals surface area contributed by atoms with Crippen molar-refractivity contribution in [2.45, 2.75) is 19.8 Å². The van der Waals surface area contributed by atoms with E-state index >= 15 is 0 Å². The molecule has 0 atom stereocenters. The fourth-order valence-corrected chi connectivity index (χ4v) is 2.49. The topological polar surface area (TPSA) is 57.0 Å². The van der Waals surface area contributed by atoms with E-state index < -0.39 is 0 Å². The van der Waals surface area contributed by atoms with Crippen molar-refractivity contribution in [3.63, 3.8) is 0 Å². The number of hydrogen-bond acceptors (Lipinski definition) is 4. The third kappa shape index (κ3) is 3.87. The molecule has 0 N–H and O–H groups in total. The highest BCUT2D eigenvalue weighted by Gasteiger charge is 2.13. The number of rotatable bonds is 6. The van der Waals surface area contributed by atoms with E-state index in [0.29, 0.717) is 17.9 Å². The van der Waals surface area contributed by atoms with Crippen LogP contribution in [0.3, 0.4) is 0 Å². The fraction of sp³-hybridized carbons (Fsp3) is 0.211. The Morgan fingerprint density at radius 2 is 2.00 bits per heavy atom. The second kappa shape index (κ2) is 7.55. The summed E-state index contributed by atoms with van der Waals surface area (Å²) in [5.41, 5.74) is 3.24. The first-order valence-corrected chi connectivity index (χ1v) is 7.93. The lowest BCUT2D eigenvalue weighted by atomic mass is 10.2. The van der Waals surface area contributed by atoms with Crippen molar-refractivity contribution in [3.8, 4) is 5.69 Å². The van der Waals surface area contributed by atoms with Crippen molar-refractivity contribution in [2.24, 2.45) is 0 Å². The van der Waals surface area contributed by atoms with Crippen LogP contribution in [0, 0.1) is 6.92 Å². The van der Waals surface area contributed by atoms with Gasteiger partial charge in [-0.2, -0.15) is 5.10 Å². The van der Waals surface area contributed by atoms with Crippen LogP contribution in [-0.4, -0.2) is 27.3 Å². The zero-order chi connectivity index (χ0) is 16.8. The molecule has 3 aromatic rings. The minimum absolute atomic E-state index is 0.335. The van der Waals surface area contributed by atoms with Crippen LogP contribution in [-0.2, 0) is 11.2 Å². The largest absolute Gasteiger partial charge is 0.462 e. The Bertz CT molecular complexity index is 813. The van der Waals surface area contributed by atoms with Crippen molar-refractivity contribution in [1.29, 1.82) is 0 Å². The quantitative estimate of drug-likeness (QED) is 0.516. The molecule has 2 heterocycles. The van der Waals surface area contributed by atoms with Crippen LogP contribution in [0.1, 0.15) is 28.2 Å². The molecule has 0 saturated carbocycles. The van der Waals surface area contributed by atoms with E-state index in [1.807, 2.05) is 49.4 Å². The average molecular weight is 321 g/mol. The molecule has 1 aromatic carbocycles. The van der Waals surface area contributed by atoms with Gasteiger partial charge in [-0.3, -0.25) is 4.98 Å². The third-order valence-corrected chi connectivity index (χ3v) is 3.63. The van der Waals surface area contributed by atoms with Gasteiger partial charge in [-0.15, -0.1) is 0 Å². The second-order valence-corrected chi connectivity index (χ2v) is 5.48. The number of esters is 1. The number of ether oxygens (including phenoxy) is 1. The Hall–Kier alpha value is -2.95. The first-order valence-electron chi connectivity index (χ1n) is 7.93. The number of hydrogen-bond donors (Lipinski definition) is 0. The molecule has 24 heavy (non-hydrogen) atoms. The summed E-state index contributed by atoms with van der Waals surface area (Å²) >= 11 is 0. The number of carbonyl (C=O) groups is 1. The predicted molar refractivity (Wildman–Crippen MR) is 91.1 cm³/mol. The summed E-state index contributed by atoms with van der Waals surface area (Å²) < 4.78 is 7.07. The smallest absolute Gasteiger partial charge is 0.340 e. The van der Waals surface area contributed by atoms with E-state index in [0.717, 1.165) is 24.2 Å². The molecule has 0 aliphatic carbocycles. The number of aryl methyl sites for hydroxylation is 2. The van der Waals surface area contributed by atoms with E-state index in [1.54, 1.807) is 23.1 Å². The Balaban J connectivity index is 1.58. The number of aromatic nitrogens is 3. The van der Waals surface area contributed by atoms with Gasteiger partial charge in [-0.25, -0.2) is 9.48 Å². The average Bonchev–Trinajstić information content (AvgIpc) is 3.13. The van der Waals surface area contributed by atoms with Crippen LogP contribution >= 0.6 is 0 Å². The summed E-state index contributed by atoms with van der Waals surface area (Å²) in [4.78, 5) is 16.8. The predicted octanol–water partition coefficient (Wildman–Crippen LogP) is 3.37. The number of benzene rings is 1. The molecule has 5 nitrogen and oxygen atoms in total. The molecule has 122 valence electrons. The van der Waals surface area contributed by atoms with E-state index in [-0.39, 0.29) is 5.97 Å². The van der Waals surface area contributed by atoms with E-state index in [2.05, 4.69) is 10.1 Å². The van der Waals surface area contributed by atoms with Gasteiger partial charge in [0.2, 0.25) is 0 Å². The highest BCUT2D eigenvalue weighted by Crippen LogP contribution is 2.15. The molecule has 0 radical (unpaired) electrons. The summed E-state index contributed by atoms with van der Waals surface area (Å²) in [5.74, 6) is -0.335. The maximum Gasteiger partial charge on any atom is 0.340 e. The molecule has 0 amide bonds. The van der Waals surface area contributed by atoms with Crippen molar-refractivity contribution < 1.29 is 9.53 Å². The second-order valence-electron chi connectivity index (χ2n) is 5.48. The molecule has 5 heteroatoms. The van der Waals surface area contributed by atoms with E-state index in [9.17, 15) is 4.79 Å². The fourth-order valence-electron chi connectivity index (χ4n) is 2.49. The molecule has 3 rings (SSSR count). The Kier molecular flexibility index (Phi) is 5.01. The summed E-state index contributed by atoms with van der Waals surface area (Å²) in [6, 6.07) is 15.1. The highest BCUT2D eigenvalue weighted by atomic mass is 16.5. The summed E-state index contributed by atoms with van der Waals surface area (Å²) in [6.07, 6.45) is 5.01. The van der Waals surface area contributed by atoms with Crippen LogP contribution in [0.5, 0.6) is 0 Å². The van der Waals surface area contributed by atoms with Crippen LogP contribution in [0.2, 0.25) is 0 Å². The lowest BCUT2D eigenvalue weighted by Crippen LogP contribution is -2.11. The molecular weight excluding hydrogens is 302 g/mol. The summed E-state index contributed by atoms with van der Waals surface area (Å²) in [7, 11) is 0. The van der Waals surface area contributed by atoms with Crippen LogP contribution in [0.4, 0.5) is 0 Å². The SMILES string of the molecule is Cc1cccc(CCCOC(=O)c2ccccc2-n2cccn2)n1. The maximum atomic E-state index is 12.3. The summed E-state index contributed by atoms with van der Waals surface area (Å²) in [5, 5.41) is 4.17. The van der Waals surface area contributed by atoms with Crippen molar-refractivity contribution in [1.82, 2.24) is 14.8 Å². The normalized spacial score (nSPS) is 10.5. The van der Waals surface area contributed by atoms with Gasteiger partial charge in [0.15, 0.2) is 0 Å². The Labute approximate surface area is 140 Å². The first-order chi connectivity index (χ1) is 11.7. The molecular formula is C19H19N3O2. The van der Waals surface area contributed by atoms with Crippen LogP contribution < -0.4 is 0 Å². The van der Waals surface area contributed by atoms with Gasteiger partial charge >= 0.3 is 5.97 Å². The van der Waals surface area contributed by atoms with Gasteiger partial charge in [0, 0.05) is 23.8 Å². The van der Waals surface area contributed by atoms with Crippen LogP contribution in [0.15, 0.2) is 60.9 Å². The maximum absolute atomic E-state index is 12.3. The molecule has 0 aliphatic heterocycles. The van der Waals surface area contributed by atoms with E-state index in [1.165, 1.54) is 0 Å². The van der Waals surface area contributed by atoms with Crippen LogP contribution in [0.25, 0.3) is 5.69 Å². The van der Waals surface area contributed by atoms with E-state index in [4.69, 9.17) is 4.74 Å². The molecule has 2 aromatic heterocycles. The summed E-state index contributed by atoms with van der Waals surface area (Å²) in [6.45, 7) is 2.33. The zero-order valence-electron chi connectivity index (χ0n) is 13.6. The molecule has 0 spiro atoms. The number of pyridine rings is 1. The minimum atomic E-state index is -0.335. The lowest BCUT2D eigenvalue weighted by Gasteiger charge is -2.09. The van der Waals surface area contributed by atoms with Crippen molar-refractivity contribution >= 4 is 5.97 Å². The minimum Gasteiger partial charge on any atom is -0.462 e. The van der Waals surface area contributed by atoms with Gasteiger partial charge in [0.1, 0.15) is 0 Å². The Morgan fingerprint density at radius 1 is 1.12 bits per heavy atom. The Morgan fingerprint density at radius 3 is 2.79 bits per heavy atom. The van der Waals surface area contributed by atoms with Gasteiger partial charge in [-0.05, 0) is 50.1 Å². The van der Waals surface area contributed by atoms with Crippen molar-refractivity contribution in [2.75, 3.05) is 6.61 Å². The highest BCUT2D eigenvalue weighted by molar-refractivity contribution is 5.93. The lowest BCUT2D eigenvalue weighted by molar-refractivity contribution is 0.0500. The molecule has 0 unspecified atom stereocenters. The number of nitrogens with zero attached hydrogens (tertiary/aromatic N) is 3. The number of para-hydroxylation sites is 1. The molecule has 0 bridgehead atoms. The standard InChI is InChI=1S/C19H19N3O2/c1-15-7-4-8-16(21-15)9-5-14-24-19(23)17-10-2-3-11-18(17)22-13-6-12-20-22/h2-4,6-8,10-13H,5,9,14H2,1H3. The number of carbonyl (C=O) groups excluding carboxylic acids is 1. The monoisotopic (exact) mass is 321 g/mol. The van der Waals surface area contributed by atoms with Gasteiger partial charge in [0.25, 0.3) is 0 Å². The van der Waals surface area contributed by atoms with Gasteiger partial charge < -0.3 is 4.74 Å². The molecule has 0 saturated heterocycles. The van der Waals surface area contributed by atoms with Crippen molar-refractivity contribution in [3.05, 3.63) is 77.9 Å². The molecule has 0 aliphatic rings. The molecule has 0 fully saturated rings. The van der Waals surface area contributed by atoms with Gasteiger partial charge in [0.05, 0.1) is 17.9 Å². The van der Waals surface area contributed by atoms with Gasteiger partial charge in [-0.1, -0.05) is 18.2 Å². The third-order valence-electron chi connectivity index (χ3n) is 3.63. The first kappa shape index (κ1) is 15.9. The zero-order valence-corrected chi connectivity index (χ0v) is 13.6.